The van der Waals surface area contributed by atoms with E-state index in [9.17, 15) is 0 Å². The molecule has 1 fully saturated rings. The molecule has 0 aromatic rings. The lowest BCUT2D eigenvalue weighted by Crippen LogP contribution is -2.40. The van der Waals surface area contributed by atoms with Crippen LogP contribution in [0.3, 0.4) is 0 Å². The van der Waals surface area contributed by atoms with E-state index in [1.165, 1.54) is 25.7 Å². The van der Waals surface area contributed by atoms with E-state index < -0.39 is 0 Å². The van der Waals surface area contributed by atoms with Crippen LogP contribution >= 0.6 is 0 Å². The fourth-order valence-electron chi connectivity index (χ4n) is 2.03. The molecular weight excluding hydrogens is 148 g/mol. The summed E-state index contributed by atoms with van der Waals surface area (Å²) < 4.78 is 0. The summed E-state index contributed by atoms with van der Waals surface area (Å²) >= 11 is 0. The summed E-state index contributed by atoms with van der Waals surface area (Å²) in [6.07, 6.45) is 5.65. The Morgan fingerprint density at radius 3 is 2.42 bits per heavy atom. The van der Waals surface area contributed by atoms with Gasteiger partial charge in [-0.1, -0.05) is 6.42 Å². The van der Waals surface area contributed by atoms with E-state index in [4.69, 9.17) is 0 Å². The minimum absolute atomic E-state index is 0.811. The number of nitrogens with zero attached hydrogens (tertiary/aromatic N) is 1. The zero-order valence-corrected chi connectivity index (χ0v) is 8.64. The molecule has 0 heterocycles. The molecule has 0 aromatic carbocycles. The number of hydrogen-bond donors (Lipinski definition) is 1. The molecule has 0 aromatic heterocycles. The Morgan fingerprint density at radius 1 is 1.42 bits per heavy atom. The van der Waals surface area contributed by atoms with Crippen LogP contribution in [0.25, 0.3) is 0 Å². The lowest BCUT2D eigenvalue weighted by Gasteiger charge is -2.38. The quantitative estimate of drug-likeness (QED) is 0.669. The first-order valence-electron chi connectivity index (χ1n) is 5.06. The van der Waals surface area contributed by atoms with E-state index >= 15 is 0 Å². The molecule has 72 valence electrons. The first kappa shape index (κ1) is 10.0. The van der Waals surface area contributed by atoms with E-state index in [1.54, 1.807) is 0 Å². The van der Waals surface area contributed by atoms with Gasteiger partial charge in [-0.2, -0.15) is 0 Å². The Balaban J connectivity index is 2.27. The Morgan fingerprint density at radius 2 is 2.08 bits per heavy atom. The van der Waals surface area contributed by atoms with Crippen molar-refractivity contribution in [2.24, 2.45) is 5.92 Å². The molecule has 1 aliphatic carbocycles. The van der Waals surface area contributed by atoms with Gasteiger partial charge in [0.15, 0.2) is 0 Å². The van der Waals surface area contributed by atoms with Gasteiger partial charge in [0.1, 0.15) is 0 Å². The third kappa shape index (κ3) is 2.46. The molecule has 1 N–H and O–H groups in total. The van der Waals surface area contributed by atoms with Crippen molar-refractivity contribution in [2.45, 2.75) is 31.7 Å². The number of hydrogen-bond acceptors (Lipinski definition) is 2. The maximum atomic E-state index is 3.23. The Labute approximate surface area is 76.3 Å². The summed E-state index contributed by atoms with van der Waals surface area (Å²) in [5.74, 6) is 0.980. The van der Waals surface area contributed by atoms with Gasteiger partial charge in [0, 0.05) is 6.04 Å². The van der Waals surface area contributed by atoms with Crippen LogP contribution in [-0.2, 0) is 0 Å². The minimum atomic E-state index is 0.811. The van der Waals surface area contributed by atoms with E-state index in [-0.39, 0.29) is 0 Å². The van der Waals surface area contributed by atoms with Crippen LogP contribution in [0.1, 0.15) is 25.7 Å². The van der Waals surface area contributed by atoms with E-state index in [1.807, 2.05) is 7.05 Å². The van der Waals surface area contributed by atoms with Crippen LogP contribution in [0, 0.1) is 5.92 Å². The van der Waals surface area contributed by atoms with E-state index in [0.717, 1.165) is 18.5 Å². The smallest absolute Gasteiger partial charge is 0.0129 e. The topological polar surface area (TPSA) is 15.3 Å². The molecule has 1 atom stereocenters. The van der Waals surface area contributed by atoms with Crippen LogP contribution in [0.2, 0.25) is 0 Å². The highest BCUT2D eigenvalue weighted by atomic mass is 15.1. The standard InChI is InChI=1S/C10H22N2/c1-11-8-7-10(12(2)3)9-5-4-6-9/h9-11H,4-8H2,1-3H3. The Hall–Kier alpha value is -0.0800. The number of nitrogens with one attached hydrogen (secondary N) is 1. The minimum Gasteiger partial charge on any atom is -0.320 e. The average Bonchev–Trinajstić information content (AvgIpc) is 1.93. The second-order valence-electron chi connectivity index (χ2n) is 4.11. The monoisotopic (exact) mass is 170 g/mol. The fourth-order valence-corrected chi connectivity index (χ4v) is 2.03. The highest BCUT2D eigenvalue weighted by Gasteiger charge is 2.27. The van der Waals surface area contributed by atoms with Crippen molar-refractivity contribution < 1.29 is 0 Å². The van der Waals surface area contributed by atoms with Gasteiger partial charge in [0.2, 0.25) is 0 Å². The third-order valence-electron chi connectivity index (χ3n) is 3.05. The summed E-state index contributed by atoms with van der Waals surface area (Å²) in [6, 6.07) is 0.811. The molecule has 2 nitrogen and oxygen atoms in total. The van der Waals surface area contributed by atoms with Gasteiger partial charge in [-0.05, 0) is 52.9 Å². The molecule has 1 saturated carbocycles. The summed E-state index contributed by atoms with van der Waals surface area (Å²) in [4.78, 5) is 2.39. The molecular formula is C10H22N2. The third-order valence-corrected chi connectivity index (χ3v) is 3.05. The predicted octanol–water partition coefficient (Wildman–Crippen LogP) is 1.33. The number of rotatable bonds is 5. The first-order valence-corrected chi connectivity index (χ1v) is 5.06. The van der Waals surface area contributed by atoms with Gasteiger partial charge in [0.25, 0.3) is 0 Å². The molecule has 0 saturated heterocycles. The fraction of sp³-hybridized carbons (Fsp3) is 1.00. The second-order valence-corrected chi connectivity index (χ2v) is 4.11. The van der Waals surface area contributed by atoms with Gasteiger partial charge in [0.05, 0.1) is 0 Å². The van der Waals surface area contributed by atoms with Crippen LogP contribution < -0.4 is 5.32 Å². The lowest BCUT2D eigenvalue weighted by molar-refractivity contribution is 0.133. The van der Waals surface area contributed by atoms with Crippen LogP contribution in [0.15, 0.2) is 0 Å². The molecule has 1 aliphatic rings. The highest BCUT2D eigenvalue weighted by Crippen LogP contribution is 2.32. The van der Waals surface area contributed by atoms with Crippen LogP contribution in [0.5, 0.6) is 0 Å². The van der Waals surface area contributed by atoms with Gasteiger partial charge < -0.3 is 10.2 Å². The zero-order valence-electron chi connectivity index (χ0n) is 8.64. The van der Waals surface area contributed by atoms with E-state index in [2.05, 4.69) is 24.3 Å². The van der Waals surface area contributed by atoms with Crippen molar-refractivity contribution in [1.29, 1.82) is 0 Å². The Bertz CT molecular complexity index is 119. The largest absolute Gasteiger partial charge is 0.320 e. The van der Waals surface area contributed by atoms with Crippen molar-refractivity contribution in [3.8, 4) is 0 Å². The van der Waals surface area contributed by atoms with Gasteiger partial charge >= 0.3 is 0 Å². The predicted molar refractivity (Wildman–Crippen MR) is 53.4 cm³/mol. The zero-order chi connectivity index (χ0) is 8.97. The second kappa shape index (κ2) is 4.83. The van der Waals surface area contributed by atoms with Crippen LogP contribution in [0.4, 0.5) is 0 Å². The molecule has 1 unspecified atom stereocenters. The summed E-state index contributed by atoms with van der Waals surface area (Å²) in [7, 11) is 6.45. The SMILES string of the molecule is CNCCC(C1CCC1)N(C)C. The molecule has 0 aliphatic heterocycles. The summed E-state index contributed by atoms with van der Waals surface area (Å²) in [5, 5.41) is 3.23. The van der Waals surface area contributed by atoms with Crippen molar-refractivity contribution >= 4 is 0 Å². The molecule has 0 amide bonds. The molecule has 0 spiro atoms. The summed E-state index contributed by atoms with van der Waals surface area (Å²) in [6.45, 7) is 1.15. The lowest BCUT2D eigenvalue weighted by atomic mass is 9.78. The van der Waals surface area contributed by atoms with Gasteiger partial charge in [-0.15, -0.1) is 0 Å². The molecule has 0 bridgehead atoms. The Kier molecular flexibility index (Phi) is 4.02. The van der Waals surface area contributed by atoms with E-state index in [0.29, 0.717) is 0 Å². The van der Waals surface area contributed by atoms with Crippen molar-refractivity contribution in [3.05, 3.63) is 0 Å². The molecule has 0 radical (unpaired) electrons. The van der Waals surface area contributed by atoms with Gasteiger partial charge in [-0.3, -0.25) is 0 Å². The average molecular weight is 170 g/mol. The van der Waals surface area contributed by atoms with Gasteiger partial charge in [-0.25, -0.2) is 0 Å². The van der Waals surface area contributed by atoms with Crippen molar-refractivity contribution in [2.75, 3.05) is 27.7 Å². The maximum Gasteiger partial charge on any atom is 0.0129 e. The molecule has 2 heteroatoms. The molecule has 12 heavy (non-hydrogen) atoms. The van der Waals surface area contributed by atoms with Crippen LogP contribution in [-0.4, -0.2) is 38.6 Å². The normalized spacial score (nSPS) is 21.0. The molecule has 1 rings (SSSR count). The van der Waals surface area contributed by atoms with Crippen molar-refractivity contribution in [1.82, 2.24) is 10.2 Å². The first-order chi connectivity index (χ1) is 5.75. The highest BCUT2D eigenvalue weighted by molar-refractivity contribution is 4.82. The van der Waals surface area contributed by atoms with Crippen molar-refractivity contribution in [3.63, 3.8) is 0 Å². The maximum absolute atomic E-state index is 3.23. The summed E-state index contributed by atoms with van der Waals surface area (Å²) in [5.41, 5.74) is 0.